The minimum absolute atomic E-state index is 0.0680. The number of nitrogens with zero attached hydrogens (tertiary/aromatic N) is 2. The molecule has 2 rings (SSSR count). The van der Waals surface area contributed by atoms with Crippen molar-refractivity contribution in [1.82, 2.24) is 4.90 Å². The maximum atomic E-state index is 11.9. The standard InChI is InChI=1S/C15H20N2O2.C2H6/c1-12(2)15(19)17-9-7-16(8-10-17)14-5-3-13(11-18)4-6-14;1-2/h3-6,11-12H,7-10H2,1-2H3;1-2H3. The normalized spacial score (nSPS) is 14.5. The van der Waals surface area contributed by atoms with Gasteiger partial charge in [0.15, 0.2) is 0 Å². The number of rotatable bonds is 3. The van der Waals surface area contributed by atoms with Gasteiger partial charge in [-0.2, -0.15) is 0 Å². The number of anilines is 1. The zero-order valence-corrected chi connectivity index (χ0v) is 13.5. The Morgan fingerprint density at radius 3 is 2.00 bits per heavy atom. The van der Waals surface area contributed by atoms with Gasteiger partial charge in [-0.1, -0.05) is 27.7 Å². The number of hydrogen-bond acceptors (Lipinski definition) is 3. The van der Waals surface area contributed by atoms with Crippen molar-refractivity contribution < 1.29 is 9.59 Å². The minimum Gasteiger partial charge on any atom is -0.368 e. The van der Waals surface area contributed by atoms with Crippen LogP contribution in [-0.2, 0) is 4.79 Å². The molecule has 1 fully saturated rings. The summed E-state index contributed by atoms with van der Waals surface area (Å²) in [5.74, 6) is 0.300. The molecule has 1 aliphatic rings. The van der Waals surface area contributed by atoms with E-state index in [0.29, 0.717) is 5.56 Å². The van der Waals surface area contributed by atoms with Crippen LogP contribution in [0, 0.1) is 5.92 Å². The van der Waals surface area contributed by atoms with Crippen LogP contribution < -0.4 is 4.90 Å². The summed E-state index contributed by atoms with van der Waals surface area (Å²) in [7, 11) is 0. The van der Waals surface area contributed by atoms with Crippen LogP contribution in [0.5, 0.6) is 0 Å². The van der Waals surface area contributed by atoms with E-state index in [1.54, 1.807) is 0 Å². The first-order chi connectivity index (χ1) is 10.1. The molecule has 0 radical (unpaired) electrons. The van der Waals surface area contributed by atoms with Crippen molar-refractivity contribution in [3.8, 4) is 0 Å². The largest absolute Gasteiger partial charge is 0.368 e. The highest BCUT2D eigenvalue weighted by molar-refractivity contribution is 5.78. The zero-order chi connectivity index (χ0) is 15.8. The van der Waals surface area contributed by atoms with Crippen molar-refractivity contribution in [2.75, 3.05) is 31.1 Å². The summed E-state index contributed by atoms with van der Waals surface area (Å²) in [4.78, 5) is 26.7. The lowest BCUT2D eigenvalue weighted by atomic mass is 10.1. The molecule has 0 aliphatic carbocycles. The number of amides is 1. The van der Waals surface area contributed by atoms with Crippen LogP contribution in [0.15, 0.2) is 24.3 Å². The van der Waals surface area contributed by atoms with Gasteiger partial charge in [0.25, 0.3) is 0 Å². The van der Waals surface area contributed by atoms with E-state index in [4.69, 9.17) is 0 Å². The summed E-state index contributed by atoms with van der Waals surface area (Å²) >= 11 is 0. The number of carbonyl (C=O) groups excluding carboxylic acids is 2. The van der Waals surface area contributed by atoms with E-state index in [0.717, 1.165) is 38.2 Å². The molecule has 0 spiro atoms. The molecule has 0 unspecified atom stereocenters. The van der Waals surface area contributed by atoms with Crippen molar-refractivity contribution >= 4 is 17.9 Å². The zero-order valence-electron chi connectivity index (χ0n) is 13.5. The quantitative estimate of drug-likeness (QED) is 0.804. The van der Waals surface area contributed by atoms with E-state index in [2.05, 4.69) is 4.90 Å². The highest BCUT2D eigenvalue weighted by Gasteiger charge is 2.22. The molecule has 1 saturated heterocycles. The van der Waals surface area contributed by atoms with Gasteiger partial charge in [-0.05, 0) is 24.3 Å². The van der Waals surface area contributed by atoms with Crippen LogP contribution >= 0.6 is 0 Å². The Bertz CT molecular complexity index is 446. The molecule has 4 heteroatoms. The van der Waals surface area contributed by atoms with E-state index in [-0.39, 0.29) is 11.8 Å². The topological polar surface area (TPSA) is 40.6 Å². The predicted octanol–water partition coefficient (Wildman–Crippen LogP) is 2.83. The molecule has 1 aromatic rings. The van der Waals surface area contributed by atoms with Gasteiger partial charge in [0.1, 0.15) is 6.29 Å². The lowest BCUT2D eigenvalue weighted by Gasteiger charge is -2.36. The minimum atomic E-state index is 0.0680. The lowest BCUT2D eigenvalue weighted by Crippen LogP contribution is -2.49. The molecule has 1 amide bonds. The second-order valence-electron chi connectivity index (χ2n) is 5.18. The molecule has 0 aromatic heterocycles. The van der Waals surface area contributed by atoms with Crippen LogP contribution in [0.1, 0.15) is 38.1 Å². The smallest absolute Gasteiger partial charge is 0.225 e. The monoisotopic (exact) mass is 290 g/mol. The van der Waals surface area contributed by atoms with Gasteiger partial charge < -0.3 is 9.80 Å². The summed E-state index contributed by atoms with van der Waals surface area (Å²) < 4.78 is 0. The lowest BCUT2D eigenvalue weighted by molar-refractivity contribution is -0.134. The fourth-order valence-corrected chi connectivity index (χ4v) is 2.31. The van der Waals surface area contributed by atoms with E-state index < -0.39 is 0 Å². The molecule has 116 valence electrons. The van der Waals surface area contributed by atoms with Gasteiger partial charge >= 0.3 is 0 Å². The highest BCUT2D eigenvalue weighted by atomic mass is 16.2. The van der Waals surface area contributed by atoms with E-state index in [1.807, 2.05) is 56.9 Å². The van der Waals surface area contributed by atoms with Crippen LogP contribution in [0.2, 0.25) is 0 Å². The second-order valence-corrected chi connectivity index (χ2v) is 5.18. The third-order valence-corrected chi connectivity index (χ3v) is 3.48. The molecule has 0 bridgehead atoms. The molecule has 1 aromatic carbocycles. The molecule has 1 aliphatic heterocycles. The SMILES string of the molecule is CC.CC(C)C(=O)N1CCN(c2ccc(C=O)cc2)CC1. The van der Waals surface area contributed by atoms with Gasteiger partial charge in [0.05, 0.1) is 0 Å². The number of hydrogen-bond donors (Lipinski definition) is 0. The van der Waals surface area contributed by atoms with Crippen molar-refractivity contribution in [3.05, 3.63) is 29.8 Å². The van der Waals surface area contributed by atoms with Crippen molar-refractivity contribution in [3.63, 3.8) is 0 Å². The van der Waals surface area contributed by atoms with Crippen LogP contribution in [-0.4, -0.2) is 43.3 Å². The molecule has 0 saturated carbocycles. The number of piperazine rings is 1. The average molecular weight is 290 g/mol. The number of benzene rings is 1. The van der Waals surface area contributed by atoms with Gasteiger partial charge in [-0.3, -0.25) is 9.59 Å². The molecular weight excluding hydrogens is 264 g/mol. The molecule has 1 heterocycles. The van der Waals surface area contributed by atoms with Crippen molar-refractivity contribution in [2.24, 2.45) is 5.92 Å². The van der Waals surface area contributed by atoms with Gasteiger partial charge in [0, 0.05) is 43.3 Å². The third kappa shape index (κ3) is 4.59. The van der Waals surface area contributed by atoms with Crippen molar-refractivity contribution in [1.29, 1.82) is 0 Å². The number of carbonyl (C=O) groups is 2. The average Bonchev–Trinajstić information content (AvgIpc) is 2.56. The summed E-state index contributed by atoms with van der Waals surface area (Å²) in [6.07, 6.45) is 0.850. The summed E-state index contributed by atoms with van der Waals surface area (Å²) in [6.45, 7) is 11.1. The maximum Gasteiger partial charge on any atom is 0.225 e. The van der Waals surface area contributed by atoms with E-state index in [1.165, 1.54) is 0 Å². The molecule has 0 atom stereocenters. The van der Waals surface area contributed by atoms with Gasteiger partial charge in [-0.25, -0.2) is 0 Å². The van der Waals surface area contributed by atoms with Crippen LogP contribution in [0.25, 0.3) is 0 Å². The first-order valence-corrected chi connectivity index (χ1v) is 7.71. The highest BCUT2D eigenvalue weighted by Crippen LogP contribution is 2.17. The predicted molar refractivity (Wildman–Crippen MR) is 86.8 cm³/mol. The van der Waals surface area contributed by atoms with Crippen LogP contribution in [0.4, 0.5) is 5.69 Å². The van der Waals surface area contributed by atoms with E-state index >= 15 is 0 Å². The Labute approximate surface area is 127 Å². The van der Waals surface area contributed by atoms with Gasteiger partial charge in [-0.15, -0.1) is 0 Å². The van der Waals surface area contributed by atoms with Crippen molar-refractivity contribution in [2.45, 2.75) is 27.7 Å². The summed E-state index contributed by atoms with van der Waals surface area (Å²) in [5.41, 5.74) is 1.81. The summed E-state index contributed by atoms with van der Waals surface area (Å²) in [5, 5.41) is 0. The first kappa shape index (κ1) is 17.2. The fraction of sp³-hybridized carbons (Fsp3) is 0.529. The molecule has 21 heavy (non-hydrogen) atoms. The Balaban J connectivity index is 0.00000106. The Kier molecular flexibility index (Phi) is 6.92. The fourth-order valence-electron chi connectivity index (χ4n) is 2.31. The van der Waals surface area contributed by atoms with Crippen LogP contribution in [0.3, 0.4) is 0 Å². The Morgan fingerprint density at radius 2 is 1.57 bits per heavy atom. The second kappa shape index (κ2) is 8.45. The maximum absolute atomic E-state index is 11.9. The molecular formula is C17H26N2O2. The molecule has 0 N–H and O–H groups in total. The summed E-state index contributed by atoms with van der Waals surface area (Å²) in [6, 6.07) is 7.58. The van der Waals surface area contributed by atoms with E-state index in [9.17, 15) is 9.59 Å². The Morgan fingerprint density at radius 1 is 1.05 bits per heavy atom. The molecule has 4 nitrogen and oxygen atoms in total. The number of aldehydes is 1. The third-order valence-electron chi connectivity index (χ3n) is 3.48. The Hall–Kier alpha value is -1.84. The first-order valence-electron chi connectivity index (χ1n) is 7.71. The van der Waals surface area contributed by atoms with Gasteiger partial charge in [0.2, 0.25) is 5.91 Å².